The number of carbonyl (C=O) groups is 1. The van der Waals surface area contributed by atoms with Crippen molar-refractivity contribution in [2.75, 3.05) is 26.8 Å². The van der Waals surface area contributed by atoms with Crippen LogP contribution in [0.4, 0.5) is 4.79 Å². The summed E-state index contributed by atoms with van der Waals surface area (Å²) in [6.45, 7) is 3.06. The number of hydrogen-bond acceptors (Lipinski definition) is 3. The Hall–Kier alpha value is -0.810. The lowest BCUT2D eigenvalue weighted by molar-refractivity contribution is 0.0660. The molecular formula is C8H18N2O3. The molecule has 0 saturated carbocycles. The van der Waals surface area contributed by atoms with Crippen LogP contribution in [0.5, 0.6) is 0 Å². The molecule has 0 bridgehead atoms. The van der Waals surface area contributed by atoms with Gasteiger partial charge in [0, 0.05) is 20.2 Å². The van der Waals surface area contributed by atoms with Crippen LogP contribution in [0.3, 0.4) is 0 Å². The first kappa shape index (κ1) is 12.2. The number of urea groups is 1. The van der Waals surface area contributed by atoms with Crippen molar-refractivity contribution in [1.82, 2.24) is 10.6 Å². The van der Waals surface area contributed by atoms with Gasteiger partial charge in [-0.15, -0.1) is 0 Å². The van der Waals surface area contributed by atoms with Gasteiger partial charge in [-0.25, -0.2) is 4.79 Å². The molecule has 78 valence electrons. The van der Waals surface area contributed by atoms with Gasteiger partial charge in [-0.3, -0.25) is 0 Å². The first-order valence-corrected chi connectivity index (χ1v) is 4.39. The van der Waals surface area contributed by atoms with Gasteiger partial charge in [0.25, 0.3) is 0 Å². The second kappa shape index (κ2) is 7.82. The Kier molecular flexibility index (Phi) is 7.33. The summed E-state index contributed by atoms with van der Waals surface area (Å²) < 4.78 is 4.70. The molecule has 1 unspecified atom stereocenters. The minimum atomic E-state index is -0.641. The van der Waals surface area contributed by atoms with Gasteiger partial charge in [0.2, 0.25) is 0 Å². The number of aliphatic hydroxyl groups excluding tert-OH is 1. The lowest BCUT2D eigenvalue weighted by Crippen LogP contribution is -2.41. The molecule has 0 aromatic heterocycles. The summed E-state index contributed by atoms with van der Waals surface area (Å²) >= 11 is 0. The summed E-state index contributed by atoms with van der Waals surface area (Å²) in [5.41, 5.74) is 0. The van der Waals surface area contributed by atoms with E-state index in [-0.39, 0.29) is 19.2 Å². The Bertz CT molecular complexity index is 141. The number of nitrogens with one attached hydrogen (secondary N) is 2. The SMILES string of the molecule is CCCNC(=O)NCC(O)COC. The third kappa shape index (κ3) is 7.55. The Morgan fingerprint density at radius 1 is 1.54 bits per heavy atom. The summed E-state index contributed by atoms with van der Waals surface area (Å²) in [6, 6.07) is -0.253. The van der Waals surface area contributed by atoms with Crippen LogP contribution in [0, 0.1) is 0 Å². The molecule has 0 radical (unpaired) electrons. The molecule has 5 nitrogen and oxygen atoms in total. The molecule has 0 spiro atoms. The minimum Gasteiger partial charge on any atom is -0.389 e. The van der Waals surface area contributed by atoms with Gasteiger partial charge in [-0.05, 0) is 6.42 Å². The van der Waals surface area contributed by atoms with Crippen LogP contribution in [0.1, 0.15) is 13.3 Å². The highest BCUT2D eigenvalue weighted by atomic mass is 16.5. The molecule has 3 N–H and O–H groups in total. The van der Waals surface area contributed by atoms with Crippen molar-refractivity contribution in [2.24, 2.45) is 0 Å². The maximum atomic E-state index is 10.9. The molecular weight excluding hydrogens is 172 g/mol. The Labute approximate surface area is 78.5 Å². The predicted octanol–water partition coefficient (Wildman–Crippen LogP) is -0.297. The maximum absolute atomic E-state index is 10.9. The highest BCUT2D eigenvalue weighted by Crippen LogP contribution is 1.81. The zero-order valence-electron chi connectivity index (χ0n) is 8.17. The summed E-state index contributed by atoms with van der Waals surface area (Å²) in [5, 5.41) is 14.3. The molecule has 0 saturated heterocycles. The van der Waals surface area contributed by atoms with Crippen molar-refractivity contribution < 1.29 is 14.6 Å². The second-order valence-electron chi connectivity index (χ2n) is 2.75. The molecule has 0 fully saturated rings. The number of carbonyl (C=O) groups excluding carboxylic acids is 1. The van der Waals surface area contributed by atoms with Gasteiger partial charge >= 0.3 is 6.03 Å². The van der Waals surface area contributed by atoms with Gasteiger partial charge < -0.3 is 20.5 Å². The fourth-order valence-electron chi connectivity index (χ4n) is 0.763. The highest BCUT2D eigenvalue weighted by Gasteiger charge is 2.04. The minimum absolute atomic E-state index is 0.212. The smallest absolute Gasteiger partial charge is 0.314 e. The Morgan fingerprint density at radius 2 is 2.23 bits per heavy atom. The molecule has 0 aromatic carbocycles. The molecule has 13 heavy (non-hydrogen) atoms. The van der Waals surface area contributed by atoms with Crippen molar-refractivity contribution in [1.29, 1.82) is 0 Å². The van der Waals surface area contributed by atoms with Gasteiger partial charge in [0.1, 0.15) is 0 Å². The van der Waals surface area contributed by atoms with Crippen molar-refractivity contribution in [2.45, 2.75) is 19.4 Å². The predicted molar refractivity (Wildman–Crippen MR) is 49.6 cm³/mol. The quantitative estimate of drug-likeness (QED) is 0.538. The van der Waals surface area contributed by atoms with E-state index in [0.717, 1.165) is 6.42 Å². The van der Waals surface area contributed by atoms with E-state index in [0.29, 0.717) is 6.54 Å². The maximum Gasteiger partial charge on any atom is 0.314 e. The molecule has 0 aromatic rings. The Morgan fingerprint density at radius 3 is 2.77 bits per heavy atom. The summed E-state index contributed by atoms with van der Waals surface area (Å²) in [4.78, 5) is 10.9. The van der Waals surface area contributed by atoms with E-state index in [1.165, 1.54) is 7.11 Å². The third-order valence-corrected chi connectivity index (χ3v) is 1.39. The number of hydrogen-bond donors (Lipinski definition) is 3. The van der Waals surface area contributed by atoms with Crippen LogP contribution in [-0.4, -0.2) is 44.0 Å². The average Bonchev–Trinajstić information content (AvgIpc) is 2.12. The third-order valence-electron chi connectivity index (χ3n) is 1.39. The zero-order chi connectivity index (χ0) is 10.1. The number of aliphatic hydroxyl groups is 1. The van der Waals surface area contributed by atoms with Gasteiger partial charge in [-0.1, -0.05) is 6.92 Å². The van der Waals surface area contributed by atoms with Crippen LogP contribution >= 0.6 is 0 Å². The van der Waals surface area contributed by atoms with E-state index in [9.17, 15) is 4.79 Å². The van der Waals surface area contributed by atoms with E-state index >= 15 is 0 Å². The molecule has 1 atom stereocenters. The first-order chi connectivity index (χ1) is 6.20. The average molecular weight is 190 g/mol. The summed E-state index contributed by atoms with van der Waals surface area (Å²) in [6.07, 6.45) is 0.256. The molecule has 0 rings (SSSR count). The van der Waals surface area contributed by atoms with E-state index in [1.807, 2.05) is 6.92 Å². The molecule has 0 aliphatic heterocycles. The zero-order valence-corrected chi connectivity index (χ0v) is 8.17. The van der Waals surface area contributed by atoms with Gasteiger partial charge in [-0.2, -0.15) is 0 Å². The molecule has 0 heterocycles. The van der Waals surface area contributed by atoms with Crippen LogP contribution in [0.2, 0.25) is 0 Å². The lowest BCUT2D eigenvalue weighted by Gasteiger charge is -2.10. The van der Waals surface area contributed by atoms with E-state index in [1.54, 1.807) is 0 Å². The van der Waals surface area contributed by atoms with E-state index in [4.69, 9.17) is 9.84 Å². The number of ether oxygens (including phenoxy) is 1. The number of amides is 2. The van der Waals surface area contributed by atoms with E-state index in [2.05, 4.69) is 10.6 Å². The topological polar surface area (TPSA) is 70.6 Å². The fraction of sp³-hybridized carbons (Fsp3) is 0.875. The summed E-state index contributed by atoms with van der Waals surface area (Å²) in [7, 11) is 1.50. The normalized spacial score (nSPS) is 12.2. The van der Waals surface area contributed by atoms with Gasteiger partial charge in [0.05, 0.1) is 12.7 Å². The summed E-state index contributed by atoms with van der Waals surface area (Å²) in [5.74, 6) is 0. The number of methoxy groups -OCH3 is 1. The lowest BCUT2D eigenvalue weighted by atomic mass is 10.4. The van der Waals surface area contributed by atoms with Crippen molar-refractivity contribution in [3.8, 4) is 0 Å². The monoisotopic (exact) mass is 190 g/mol. The van der Waals surface area contributed by atoms with Crippen LogP contribution in [-0.2, 0) is 4.74 Å². The molecule has 5 heteroatoms. The highest BCUT2D eigenvalue weighted by molar-refractivity contribution is 5.73. The van der Waals surface area contributed by atoms with Gasteiger partial charge in [0.15, 0.2) is 0 Å². The fourth-order valence-corrected chi connectivity index (χ4v) is 0.763. The molecule has 2 amide bonds. The van der Waals surface area contributed by atoms with Crippen LogP contribution in [0.25, 0.3) is 0 Å². The van der Waals surface area contributed by atoms with E-state index < -0.39 is 6.10 Å². The Balaban J connectivity index is 3.34. The standard InChI is InChI=1S/C8H18N2O3/c1-3-4-9-8(12)10-5-7(11)6-13-2/h7,11H,3-6H2,1-2H3,(H2,9,10,12). The van der Waals surface area contributed by atoms with Crippen LogP contribution < -0.4 is 10.6 Å². The van der Waals surface area contributed by atoms with Crippen molar-refractivity contribution >= 4 is 6.03 Å². The van der Waals surface area contributed by atoms with Crippen molar-refractivity contribution in [3.05, 3.63) is 0 Å². The first-order valence-electron chi connectivity index (χ1n) is 4.39. The van der Waals surface area contributed by atoms with Crippen LogP contribution in [0.15, 0.2) is 0 Å². The molecule has 0 aliphatic rings. The second-order valence-corrected chi connectivity index (χ2v) is 2.75. The van der Waals surface area contributed by atoms with Crippen molar-refractivity contribution in [3.63, 3.8) is 0 Å². The molecule has 0 aliphatic carbocycles. The number of rotatable bonds is 6. The largest absolute Gasteiger partial charge is 0.389 e.